The number of aliphatic hydroxyl groups excluding tert-OH is 2. The van der Waals surface area contributed by atoms with E-state index >= 15 is 0 Å². The Morgan fingerprint density at radius 3 is 2.88 bits per heavy atom. The number of fused-ring (bicyclic) bond motifs is 3. The van der Waals surface area contributed by atoms with E-state index in [0.717, 1.165) is 41.4 Å². The summed E-state index contributed by atoms with van der Waals surface area (Å²) in [4.78, 5) is 13.1. The standard InChI is InChI=1S/C24H26N6O2/c1-26-18-5-4-14-3-2-13(10-17(14)29-18)6-8-24-11-16(24)19(20(31)21(24)32)30-9-7-15-22(25)27-12-28-23(15)30/h2-5,7,9-10,12,16,19-21,31-32H,6,8,11H2,1H3,(H,26,29)(H2,25,27,28)/t16-,19-,20+,21+,24+/m1/s1. The molecule has 2 aliphatic carbocycles. The van der Waals surface area contributed by atoms with Crippen molar-refractivity contribution in [3.63, 3.8) is 0 Å². The summed E-state index contributed by atoms with van der Waals surface area (Å²) in [5, 5.41) is 26.9. The molecule has 0 saturated heterocycles. The first kappa shape index (κ1) is 19.5. The van der Waals surface area contributed by atoms with Crippen molar-refractivity contribution in [2.45, 2.75) is 37.5 Å². The van der Waals surface area contributed by atoms with Gasteiger partial charge in [0.05, 0.1) is 23.0 Å². The lowest BCUT2D eigenvalue weighted by molar-refractivity contribution is -0.0191. The third kappa shape index (κ3) is 2.73. The highest BCUT2D eigenvalue weighted by Crippen LogP contribution is 2.69. The van der Waals surface area contributed by atoms with Crippen LogP contribution in [0.5, 0.6) is 0 Å². The second-order valence-corrected chi connectivity index (χ2v) is 9.16. The summed E-state index contributed by atoms with van der Waals surface area (Å²) >= 11 is 0. The topological polar surface area (TPSA) is 122 Å². The Morgan fingerprint density at radius 1 is 1.19 bits per heavy atom. The van der Waals surface area contributed by atoms with Crippen molar-refractivity contribution in [3.8, 4) is 0 Å². The van der Waals surface area contributed by atoms with E-state index in [2.05, 4.69) is 44.5 Å². The molecule has 0 amide bonds. The van der Waals surface area contributed by atoms with Gasteiger partial charge in [-0.25, -0.2) is 15.0 Å². The van der Waals surface area contributed by atoms with E-state index in [1.165, 1.54) is 11.9 Å². The summed E-state index contributed by atoms with van der Waals surface area (Å²) in [6.45, 7) is 0. The number of aryl methyl sites for hydroxylation is 1. The molecule has 8 nitrogen and oxygen atoms in total. The third-order valence-corrected chi connectivity index (χ3v) is 7.61. The highest BCUT2D eigenvalue weighted by atomic mass is 16.3. The molecule has 164 valence electrons. The Bertz CT molecular complexity index is 1340. The fourth-order valence-corrected chi connectivity index (χ4v) is 5.78. The van der Waals surface area contributed by atoms with Gasteiger partial charge in [-0.2, -0.15) is 0 Å². The maximum Gasteiger partial charge on any atom is 0.145 e. The molecule has 5 N–H and O–H groups in total. The Balaban J connectivity index is 1.26. The maximum atomic E-state index is 11.0. The van der Waals surface area contributed by atoms with Gasteiger partial charge in [0.15, 0.2) is 0 Å². The van der Waals surface area contributed by atoms with Crippen LogP contribution in [0.15, 0.2) is 48.9 Å². The largest absolute Gasteiger partial charge is 0.390 e. The quantitative estimate of drug-likeness (QED) is 0.384. The zero-order chi connectivity index (χ0) is 22.0. The van der Waals surface area contributed by atoms with E-state index in [1.807, 2.05) is 29.9 Å². The molecule has 8 heteroatoms. The summed E-state index contributed by atoms with van der Waals surface area (Å²) in [6, 6.07) is 12.0. The van der Waals surface area contributed by atoms with Crippen molar-refractivity contribution in [1.29, 1.82) is 0 Å². The Kier molecular flexibility index (Phi) is 4.18. The molecule has 5 atom stereocenters. The van der Waals surface area contributed by atoms with E-state index in [0.29, 0.717) is 11.5 Å². The van der Waals surface area contributed by atoms with Gasteiger partial charge in [-0.3, -0.25) is 0 Å². The van der Waals surface area contributed by atoms with Crippen molar-refractivity contribution in [2.75, 3.05) is 18.1 Å². The van der Waals surface area contributed by atoms with E-state index in [4.69, 9.17) is 5.73 Å². The summed E-state index contributed by atoms with van der Waals surface area (Å²) in [6.07, 6.45) is 4.29. The highest BCUT2D eigenvalue weighted by Gasteiger charge is 2.70. The number of aromatic nitrogens is 4. The second-order valence-electron chi connectivity index (χ2n) is 9.16. The van der Waals surface area contributed by atoms with Crippen LogP contribution in [0.4, 0.5) is 11.6 Å². The number of benzene rings is 1. The molecule has 2 saturated carbocycles. The van der Waals surface area contributed by atoms with Crippen LogP contribution in [0.25, 0.3) is 21.9 Å². The second kappa shape index (κ2) is 6.88. The molecule has 0 aliphatic heterocycles. The number of nitrogens with one attached hydrogen (secondary N) is 1. The Labute approximate surface area is 185 Å². The lowest BCUT2D eigenvalue weighted by Gasteiger charge is -2.24. The first-order chi connectivity index (χ1) is 15.5. The number of rotatable bonds is 5. The first-order valence-corrected chi connectivity index (χ1v) is 11.0. The van der Waals surface area contributed by atoms with Crippen molar-refractivity contribution in [2.24, 2.45) is 11.3 Å². The smallest absolute Gasteiger partial charge is 0.145 e. The molecule has 2 fully saturated rings. The van der Waals surface area contributed by atoms with Crippen LogP contribution in [-0.4, -0.2) is 49.0 Å². The molecular formula is C24H26N6O2. The van der Waals surface area contributed by atoms with Crippen LogP contribution >= 0.6 is 0 Å². The van der Waals surface area contributed by atoms with Crippen LogP contribution < -0.4 is 11.1 Å². The molecular weight excluding hydrogens is 404 g/mol. The monoisotopic (exact) mass is 430 g/mol. The van der Waals surface area contributed by atoms with Gasteiger partial charge < -0.3 is 25.8 Å². The van der Waals surface area contributed by atoms with E-state index in [-0.39, 0.29) is 17.4 Å². The molecule has 0 unspecified atom stereocenters. The summed E-state index contributed by atoms with van der Waals surface area (Å²) < 4.78 is 1.97. The van der Waals surface area contributed by atoms with Crippen molar-refractivity contribution < 1.29 is 10.2 Å². The first-order valence-electron chi connectivity index (χ1n) is 11.0. The average molecular weight is 431 g/mol. The van der Waals surface area contributed by atoms with Gasteiger partial charge in [-0.15, -0.1) is 0 Å². The number of nitrogen functional groups attached to an aromatic ring is 1. The van der Waals surface area contributed by atoms with Gasteiger partial charge in [0.1, 0.15) is 29.7 Å². The van der Waals surface area contributed by atoms with Gasteiger partial charge >= 0.3 is 0 Å². The van der Waals surface area contributed by atoms with Crippen LogP contribution in [0.3, 0.4) is 0 Å². The molecule has 3 aromatic heterocycles. The van der Waals surface area contributed by atoms with Crippen LogP contribution in [0, 0.1) is 11.3 Å². The number of hydrogen-bond acceptors (Lipinski definition) is 7. The minimum atomic E-state index is -0.836. The van der Waals surface area contributed by atoms with Crippen LogP contribution in [0.1, 0.15) is 24.4 Å². The third-order valence-electron chi connectivity index (χ3n) is 7.61. The fraction of sp³-hybridized carbons (Fsp3) is 0.375. The predicted molar refractivity (Wildman–Crippen MR) is 123 cm³/mol. The van der Waals surface area contributed by atoms with Gasteiger partial charge in [0, 0.05) is 24.0 Å². The number of nitrogens with zero attached hydrogens (tertiary/aromatic N) is 4. The van der Waals surface area contributed by atoms with Gasteiger partial charge in [0.25, 0.3) is 0 Å². The van der Waals surface area contributed by atoms with E-state index in [9.17, 15) is 10.2 Å². The van der Waals surface area contributed by atoms with Crippen molar-refractivity contribution in [3.05, 3.63) is 54.5 Å². The molecule has 4 aromatic rings. The van der Waals surface area contributed by atoms with Gasteiger partial charge in [-0.05, 0) is 55.0 Å². The lowest BCUT2D eigenvalue weighted by atomic mass is 9.91. The zero-order valence-electron chi connectivity index (χ0n) is 17.8. The zero-order valence-corrected chi connectivity index (χ0v) is 17.8. The van der Waals surface area contributed by atoms with Gasteiger partial charge in [-0.1, -0.05) is 12.1 Å². The van der Waals surface area contributed by atoms with Crippen molar-refractivity contribution in [1.82, 2.24) is 19.5 Å². The van der Waals surface area contributed by atoms with E-state index in [1.54, 1.807) is 0 Å². The predicted octanol–water partition coefficient (Wildman–Crippen LogP) is 2.52. The normalized spacial score (nSPS) is 28.8. The van der Waals surface area contributed by atoms with Crippen LogP contribution in [0.2, 0.25) is 0 Å². The van der Waals surface area contributed by atoms with E-state index < -0.39 is 12.2 Å². The number of anilines is 2. The fourth-order valence-electron chi connectivity index (χ4n) is 5.78. The summed E-state index contributed by atoms with van der Waals surface area (Å²) in [5.41, 5.74) is 8.57. The van der Waals surface area contributed by atoms with Gasteiger partial charge in [0.2, 0.25) is 0 Å². The number of aliphatic hydroxyl groups is 2. The molecule has 32 heavy (non-hydrogen) atoms. The number of pyridine rings is 1. The summed E-state index contributed by atoms with van der Waals surface area (Å²) in [5.74, 6) is 1.47. The SMILES string of the molecule is CNc1ccc2ccc(CC[C@]34C[C@@H]3[C@@H](n3ccc5c(N)ncnc53)[C@H](O)[C@@H]4O)cc2n1. The molecule has 1 aromatic carbocycles. The summed E-state index contributed by atoms with van der Waals surface area (Å²) in [7, 11) is 1.86. The molecule has 0 radical (unpaired) electrons. The highest BCUT2D eigenvalue weighted by molar-refractivity contribution is 5.86. The average Bonchev–Trinajstić information content (AvgIpc) is 3.30. The number of nitrogens with two attached hydrogens (primary N) is 1. The molecule has 3 heterocycles. The molecule has 2 aliphatic rings. The lowest BCUT2D eigenvalue weighted by Crippen LogP contribution is -2.34. The van der Waals surface area contributed by atoms with Crippen molar-refractivity contribution >= 4 is 33.6 Å². The maximum absolute atomic E-state index is 11.0. The molecule has 0 spiro atoms. The van der Waals surface area contributed by atoms with Crippen LogP contribution in [-0.2, 0) is 6.42 Å². The Morgan fingerprint density at radius 2 is 2.03 bits per heavy atom. The minimum Gasteiger partial charge on any atom is -0.390 e. The molecule has 0 bridgehead atoms. The minimum absolute atomic E-state index is 0.203. The number of hydrogen-bond donors (Lipinski definition) is 4. The molecule has 6 rings (SSSR count). The Hall–Kier alpha value is -3.23.